The molecule has 20 heavy (non-hydrogen) atoms. The third kappa shape index (κ3) is 5.54. The molecule has 1 unspecified atom stereocenters. The highest BCUT2D eigenvalue weighted by Crippen LogP contribution is 2.32. The molecule has 1 atom stereocenters. The average Bonchev–Trinajstić information content (AvgIpc) is 2.33. The van der Waals surface area contributed by atoms with Gasteiger partial charge >= 0.3 is 0 Å². The molecule has 0 aliphatic rings. The lowest BCUT2D eigenvalue weighted by atomic mass is 9.85. The Morgan fingerprint density at radius 1 is 1.15 bits per heavy atom. The van der Waals surface area contributed by atoms with Gasteiger partial charge in [-0.3, -0.25) is 0 Å². The first kappa shape index (κ1) is 17.0. The second kappa shape index (κ2) is 7.12. The van der Waals surface area contributed by atoms with Crippen molar-refractivity contribution < 1.29 is 4.74 Å². The summed E-state index contributed by atoms with van der Waals surface area (Å²) >= 11 is 0. The van der Waals surface area contributed by atoms with Gasteiger partial charge in [0.15, 0.2) is 0 Å². The Morgan fingerprint density at radius 3 is 2.35 bits per heavy atom. The summed E-state index contributed by atoms with van der Waals surface area (Å²) in [6.07, 6.45) is 0. The third-order valence-corrected chi connectivity index (χ3v) is 3.34. The predicted molar refractivity (Wildman–Crippen MR) is 87.7 cm³/mol. The fourth-order valence-corrected chi connectivity index (χ4v) is 2.08. The summed E-state index contributed by atoms with van der Waals surface area (Å²) in [4.78, 5) is 0. The molecule has 1 N–H and O–H groups in total. The normalized spacial score (nSPS) is 13.6. The molecule has 2 heteroatoms. The first-order valence-electron chi connectivity index (χ1n) is 7.67. The lowest BCUT2D eigenvalue weighted by Crippen LogP contribution is -2.30. The molecule has 0 aliphatic carbocycles. The van der Waals surface area contributed by atoms with Crippen molar-refractivity contribution in [2.45, 2.75) is 59.9 Å². The van der Waals surface area contributed by atoms with Crippen molar-refractivity contribution in [3.63, 3.8) is 0 Å². The van der Waals surface area contributed by atoms with E-state index in [-0.39, 0.29) is 5.41 Å². The molecule has 2 nitrogen and oxygen atoms in total. The molecule has 0 aliphatic heterocycles. The highest BCUT2D eigenvalue weighted by atomic mass is 16.5. The van der Waals surface area contributed by atoms with Crippen molar-refractivity contribution in [3.8, 4) is 5.75 Å². The molecule has 0 saturated carbocycles. The van der Waals surface area contributed by atoms with Crippen LogP contribution in [0.15, 0.2) is 18.2 Å². The highest BCUT2D eigenvalue weighted by molar-refractivity contribution is 5.41. The summed E-state index contributed by atoms with van der Waals surface area (Å²) in [6.45, 7) is 17.2. The molecule has 0 saturated heterocycles. The minimum Gasteiger partial charge on any atom is -0.493 e. The van der Waals surface area contributed by atoms with Crippen molar-refractivity contribution in [3.05, 3.63) is 29.3 Å². The van der Waals surface area contributed by atoms with E-state index < -0.39 is 0 Å². The summed E-state index contributed by atoms with van der Waals surface area (Å²) < 4.78 is 6.07. The van der Waals surface area contributed by atoms with Gasteiger partial charge in [0.05, 0.1) is 6.61 Å². The van der Waals surface area contributed by atoms with Gasteiger partial charge in [0.25, 0.3) is 0 Å². The Hall–Kier alpha value is -1.02. The van der Waals surface area contributed by atoms with Crippen LogP contribution >= 0.6 is 0 Å². The molecule has 0 fully saturated rings. The van der Waals surface area contributed by atoms with Crippen LogP contribution in [0.3, 0.4) is 0 Å². The van der Waals surface area contributed by atoms with Gasteiger partial charge in [-0.15, -0.1) is 0 Å². The van der Waals surface area contributed by atoms with Gasteiger partial charge < -0.3 is 10.1 Å². The second-order valence-electron chi connectivity index (χ2n) is 7.23. The maximum Gasteiger partial charge on any atom is 0.123 e. The van der Waals surface area contributed by atoms with Gasteiger partial charge in [0, 0.05) is 18.5 Å². The number of ether oxygens (including phenoxy) is 1. The van der Waals surface area contributed by atoms with Crippen LogP contribution in [-0.4, -0.2) is 19.2 Å². The van der Waals surface area contributed by atoms with Gasteiger partial charge in [-0.2, -0.15) is 0 Å². The maximum absolute atomic E-state index is 6.07. The van der Waals surface area contributed by atoms with Crippen molar-refractivity contribution in [1.29, 1.82) is 0 Å². The van der Waals surface area contributed by atoms with E-state index in [1.54, 1.807) is 0 Å². The molecule has 1 rings (SSSR count). The monoisotopic (exact) mass is 277 g/mol. The molecular formula is C18H31NO. The number of nitrogens with one attached hydrogen (secondary N) is 1. The Labute approximate surface area is 124 Å². The lowest BCUT2D eigenvalue weighted by molar-refractivity contribution is 0.248. The third-order valence-electron chi connectivity index (χ3n) is 3.34. The van der Waals surface area contributed by atoms with Crippen molar-refractivity contribution in [2.24, 2.45) is 5.92 Å². The van der Waals surface area contributed by atoms with E-state index in [9.17, 15) is 0 Å². The van der Waals surface area contributed by atoms with E-state index in [1.165, 1.54) is 11.1 Å². The minimum absolute atomic E-state index is 0.112. The number of hydrogen-bond donors (Lipinski definition) is 1. The first-order chi connectivity index (χ1) is 9.20. The molecule has 0 heterocycles. The standard InChI is InChI=1S/C18H31NO/c1-13(2)19-11-15(4)12-20-17-9-8-14(3)10-16(17)18(5,6)7/h8-10,13,15,19H,11-12H2,1-7H3. The Morgan fingerprint density at radius 2 is 1.80 bits per heavy atom. The summed E-state index contributed by atoms with van der Waals surface area (Å²) in [6, 6.07) is 7.01. The molecule has 1 aromatic carbocycles. The maximum atomic E-state index is 6.07. The molecule has 114 valence electrons. The van der Waals surface area contributed by atoms with Crippen LogP contribution in [0, 0.1) is 12.8 Å². The number of aryl methyl sites for hydroxylation is 1. The zero-order chi connectivity index (χ0) is 15.3. The largest absolute Gasteiger partial charge is 0.493 e. The van der Waals surface area contributed by atoms with Gasteiger partial charge in [-0.1, -0.05) is 59.2 Å². The summed E-state index contributed by atoms with van der Waals surface area (Å²) in [5.74, 6) is 1.53. The second-order valence-corrected chi connectivity index (χ2v) is 7.23. The van der Waals surface area contributed by atoms with Crippen LogP contribution in [0.4, 0.5) is 0 Å². The minimum atomic E-state index is 0.112. The van der Waals surface area contributed by atoms with Crippen molar-refractivity contribution >= 4 is 0 Å². The highest BCUT2D eigenvalue weighted by Gasteiger charge is 2.19. The van der Waals surface area contributed by atoms with E-state index in [2.05, 4.69) is 72.0 Å². The average molecular weight is 277 g/mol. The molecule has 0 bridgehead atoms. The van der Waals surface area contributed by atoms with Gasteiger partial charge in [-0.05, 0) is 24.0 Å². The SMILES string of the molecule is Cc1ccc(OCC(C)CNC(C)C)c(C(C)(C)C)c1. The zero-order valence-electron chi connectivity index (χ0n) is 14.2. The topological polar surface area (TPSA) is 21.3 Å². The van der Waals surface area contributed by atoms with Crippen molar-refractivity contribution in [1.82, 2.24) is 5.32 Å². The number of benzene rings is 1. The smallest absolute Gasteiger partial charge is 0.123 e. The van der Waals surface area contributed by atoms with E-state index in [1.807, 2.05) is 0 Å². The van der Waals surface area contributed by atoms with Crippen LogP contribution in [0.5, 0.6) is 5.75 Å². The van der Waals surface area contributed by atoms with Crippen molar-refractivity contribution in [2.75, 3.05) is 13.2 Å². The molecule has 0 amide bonds. The van der Waals surface area contributed by atoms with Gasteiger partial charge in [-0.25, -0.2) is 0 Å². The van der Waals surface area contributed by atoms with Crippen LogP contribution < -0.4 is 10.1 Å². The lowest BCUT2D eigenvalue weighted by Gasteiger charge is -2.24. The molecule has 0 spiro atoms. The van der Waals surface area contributed by atoms with Crippen LogP contribution in [0.25, 0.3) is 0 Å². The van der Waals surface area contributed by atoms with Gasteiger partial charge in [0.1, 0.15) is 5.75 Å². The van der Waals surface area contributed by atoms with Crippen LogP contribution in [-0.2, 0) is 5.41 Å². The van der Waals surface area contributed by atoms with E-state index >= 15 is 0 Å². The Balaban J connectivity index is 2.68. The molecule has 1 aromatic rings. The summed E-state index contributed by atoms with van der Waals surface area (Å²) in [5.41, 5.74) is 2.69. The molecule has 0 radical (unpaired) electrons. The molecular weight excluding hydrogens is 246 g/mol. The summed E-state index contributed by atoms with van der Waals surface area (Å²) in [5, 5.41) is 3.46. The van der Waals surface area contributed by atoms with E-state index in [0.717, 1.165) is 18.9 Å². The predicted octanol–water partition coefficient (Wildman–Crippen LogP) is 4.31. The first-order valence-corrected chi connectivity index (χ1v) is 7.67. The van der Waals surface area contributed by atoms with E-state index in [0.29, 0.717) is 12.0 Å². The number of hydrogen-bond acceptors (Lipinski definition) is 2. The van der Waals surface area contributed by atoms with Crippen LogP contribution in [0.1, 0.15) is 52.7 Å². The molecule has 0 aromatic heterocycles. The van der Waals surface area contributed by atoms with Gasteiger partial charge in [0.2, 0.25) is 0 Å². The van der Waals surface area contributed by atoms with E-state index in [4.69, 9.17) is 4.74 Å². The fourth-order valence-electron chi connectivity index (χ4n) is 2.08. The zero-order valence-corrected chi connectivity index (χ0v) is 14.2. The summed E-state index contributed by atoms with van der Waals surface area (Å²) in [7, 11) is 0. The number of rotatable bonds is 6. The quantitative estimate of drug-likeness (QED) is 0.837. The Kier molecular flexibility index (Phi) is 6.07. The van der Waals surface area contributed by atoms with Crippen LogP contribution in [0.2, 0.25) is 0 Å². The fraction of sp³-hybridized carbons (Fsp3) is 0.667. The Bertz CT molecular complexity index is 418.